The van der Waals surface area contributed by atoms with Crippen molar-refractivity contribution in [2.75, 3.05) is 5.73 Å². The van der Waals surface area contributed by atoms with Gasteiger partial charge in [-0.1, -0.05) is 31.4 Å². The molecule has 1 aromatic carbocycles. The van der Waals surface area contributed by atoms with Crippen LogP contribution in [0.15, 0.2) is 18.2 Å². The summed E-state index contributed by atoms with van der Waals surface area (Å²) in [6.07, 6.45) is 5.13. The maximum atomic E-state index is 6.04. The number of nitrogens with zero attached hydrogens (tertiary/aromatic N) is 4. The largest absolute Gasteiger partial charge is 0.398 e. The molecule has 1 aromatic heterocycles. The Bertz CT molecular complexity index is 624. The molecule has 0 radical (unpaired) electrons. The normalized spacial score (nSPS) is 22.4. The van der Waals surface area contributed by atoms with Crippen molar-refractivity contribution in [3.8, 4) is 11.4 Å². The SMILES string of the molecule is CC1CCCC(Cn2nnnc2-c2ccc(Cl)cc2N)C1. The summed E-state index contributed by atoms with van der Waals surface area (Å²) in [7, 11) is 0. The van der Waals surface area contributed by atoms with Gasteiger partial charge in [0.05, 0.1) is 0 Å². The number of hydrogen-bond donors (Lipinski definition) is 1. The van der Waals surface area contributed by atoms with Gasteiger partial charge in [-0.3, -0.25) is 0 Å². The van der Waals surface area contributed by atoms with E-state index in [1.165, 1.54) is 25.7 Å². The highest BCUT2D eigenvalue weighted by atomic mass is 35.5. The molecule has 1 saturated carbocycles. The number of tetrazole rings is 1. The van der Waals surface area contributed by atoms with Crippen molar-refractivity contribution in [1.29, 1.82) is 0 Å². The monoisotopic (exact) mass is 305 g/mol. The first-order valence-corrected chi connectivity index (χ1v) is 7.83. The first-order valence-electron chi connectivity index (χ1n) is 7.45. The predicted octanol–water partition coefficient (Wildman–Crippen LogP) is 3.40. The van der Waals surface area contributed by atoms with Gasteiger partial charge in [0, 0.05) is 22.8 Å². The quantitative estimate of drug-likeness (QED) is 0.882. The number of rotatable bonds is 3. The summed E-state index contributed by atoms with van der Waals surface area (Å²) in [5.74, 6) is 2.16. The molecule has 112 valence electrons. The first kappa shape index (κ1) is 14.3. The highest BCUT2D eigenvalue weighted by Crippen LogP contribution is 2.31. The van der Waals surface area contributed by atoms with E-state index >= 15 is 0 Å². The van der Waals surface area contributed by atoms with Gasteiger partial charge in [-0.2, -0.15) is 0 Å². The smallest absolute Gasteiger partial charge is 0.184 e. The fourth-order valence-corrected chi connectivity index (χ4v) is 3.41. The van der Waals surface area contributed by atoms with Crippen LogP contribution in [-0.4, -0.2) is 20.2 Å². The molecule has 0 aliphatic heterocycles. The summed E-state index contributed by atoms with van der Waals surface area (Å²) in [6, 6.07) is 5.43. The fraction of sp³-hybridized carbons (Fsp3) is 0.533. The number of benzene rings is 1. The Hall–Kier alpha value is -1.62. The zero-order valence-corrected chi connectivity index (χ0v) is 12.9. The van der Waals surface area contributed by atoms with Gasteiger partial charge in [0.2, 0.25) is 0 Å². The van der Waals surface area contributed by atoms with E-state index in [0.29, 0.717) is 16.6 Å². The van der Waals surface area contributed by atoms with Crippen LogP contribution in [0.25, 0.3) is 11.4 Å². The van der Waals surface area contributed by atoms with E-state index in [2.05, 4.69) is 22.4 Å². The van der Waals surface area contributed by atoms with Crippen molar-refractivity contribution in [1.82, 2.24) is 20.2 Å². The van der Waals surface area contributed by atoms with Gasteiger partial charge in [-0.15, -0.1) is 5.10 Å². The van der Waals surface area contributed by atoms with E-state index in [-0.39, 0.29) is 0 Å². The molecule has 2 N–H and O–H groups in total. The lowest BCUT2D eigenvalue weighted by atomic mass is 9.82. The molecule has 5 nitrogen and oxygen atoms in total. The van der Waals surface area contributed by atoms with Crippen molar-refractivity contribution in [3.05, 3.63) is 23.2 Å². The molecule has 21 heavy (non-hydrogen) atoms. The molecule has 0 saturated heterocycles. The molecular weight excluding hydrogens is 286 g/mol. The van der Waals surface area contributed by atoms with Gasteiger partial charge >= 0.3 is 0 Å². The van der Waals surface area contributed by atoms with Crippen molar-refractivity contribution < 1.29 is 0 Å². The lowest BCUT2D eigenvalue weighted by Gasteiger charge is -2.26. The molecule has 6 heteroatoms. The van der Waals surface area contributed by atoms with E-state index in [4.69, 9.17) is 17.3 Å². The molecular formula is C15H20ClN5. The molecule has 2 atom stereocenters. The van der Waals surface area contributed by atoms with E-state index in [1.807, 2.05) is 16.8 Å². The minimum atomic E-state index is 0.607. The summed E-state index contributed by atoms with van der Waals surface area (Å²) in [5, 5.41) is 12.7. The first-order chi connectivity index (χ1) is 10.1. The molecule has 1 aliphatic rings. The number of halogens is 1. The second-order valence-electron chi connectivity index (χ2n) is 6.05. The van der Waals surface area contributed by atoms with Crippen LogP contribution in [0.4, 0.5) is 5.69 Å². The molecule has 1 heterocycles. The number of anilines is 1. The second kappa shape index (κ2) is 6.02. The summed E-state index contributed by atoms with van der Waals surface area (Å²) in [4.78, 5) is 0. The van der Waals surface area contributed by atoms with E-state index in [9.17, 15) is 0 Å². The highest BCUT2D eigenvalue weighted by molar-refractivity contribution is 6.31. The maximum absolute atomic E-state index is 6.04. The molecule has 1 aliphatic carbocycles. The summed E-state index contributed by atoms with van der Waals surface area (Å²) in [5.41, 5.74) is 7.49. The van der Waals surface area contributed by atoms with Crippen molar-refractivity contribution >= 4 is 17.3 Å². The maximum Gasteiger partial charge on any atom is 0.184 e. The molecule has 1 fully saturated rings. The molecule has 0 bridgehead atoms. The van der Waals surface area contributed by atoms with Crippen LogP contribution in [0, 0.1) is 11.8 Å². The van der Waals surface area contributed by atoms with Gasteiger partial charge < -0.3 is 5.73 Å². The Labute approximate surface area is 129 Å². The zero-order chi connectivity index (χ0) is 14.8. The molecule has 2 aromatic rings. The Morgan fingerprint density at radius 1 is 1.38 bits per heavy atom. The van der Waals surface area contributed by atoms with Crippen LogP contribution in [0.5, 0.6) is 0 Å². The zero-order valence-electron chi connectivity index (χ0n) is 12.2. The number of hydrogen-bond acceptors (Lipinski definition) is 4. The highest BCUT2D eigenvalue weighted by Gasteiger charge is 2.21. The van der Waals surface area contributed by atoms with Gasteiger partial charge in [0.25, 0.3) is 0 Å². The van der Waals surface area contributed by atoms with E-state index in [0.717, 1.165) is 23.9 Å². The third-order valence-electron chi connectivity index (χ3n) is 4.26. The summed E-state index contributed by atoms with van der Waals surface area (Å²) in [6.45, 7) is 3.18. The Morgan fingerprint density at radius 2 is 2.24 bits per heavy atom. The third kappa shape index (κ3) is 3.18. The van der Waals surface area contributed by atoms with Gasteiger partial charge in [0.15, 0.2) is 5.82 Å². The van der Waals surface area contributed by atoms with Crippen LogP contribution < -0.4 is 5.73 Å². The van der Waals surface area contributed by atoms with Crippen LogP contribution >= 0.6 is 11.6 Å². The predicted molar refractivity (Wildman–Crippen MR) is 83.8 cm³/mol. The topological polar surface area (TPSA) is 69.6 Å². The van der Waals surface area contributed by atoms with Crippen LogP contribution in [0.2, 0.25) is 5.02 Å². The standard InChI is InChI=1S/C15H20ClN5/c1-10-3-2-4-11(7-10)9-21-15(18-19-20-21)13-6-5-12(16)8-14(13)17/h5-6,8,10-11H,2-4,7,9,17H2,1H3. The second-order valence-corrected chi connectivity index (χ2v) is 6.49. The number of nitrogens with two attached hydrogens (primary N) is 1. The Balaban J connectivity index is 1.83. The van der Waals surface area contributed by atoms with Gasteiger partial charge in [0.1, 0.15) is 0 Å². The average molecular weight is 306 g/mol. The lowest BCUT2D eigenvalue weighted by Crippen LogP contribution is -2.20. The number of nitrogen functional groups attached to an aromatic ring is 1. The van der Waals surface area contributed by atoms with Gasteiger partial charge in [-0.05, 0) is 53.3 Å². The van der Waals surface area contributed by atoms with Crippen molar-refractivity contribution in [2.45, 2.75) is 39.2 Å². The summed E-state index contributed by atoms with van der Waals surface area (Å²) < 4.78 is 1.88. The third-order valence-corrected chi connectivity index (χ3v) is 4.50. The van der Waals surface area contributed by atoms with Gasteiger partial charge in [-0.25, -0.2) is 4.68 Å². The minimum Gasteiger partial charge on any atom is -0.398 e. The average Bonchev–Trinajstić information content (AvgIpc) is 2.87. The van der Waals surface area contributed by atoms with Crippen LogP contribution in [0.3, 0.4) is 0 Å². The Morgan fingerprint density at radius 3 is 3.00 bits per heavy atom. The molecule has 0 spiro atoms. The summed E-state index contributed by atoms with van der Waals surface area (Å²) >= 11 is 5.95. The van der Waals surface area contributed by atoms with E-state index < -0.39 is 0 Å². The fourth-order valence-electron chi connectivity index (χ4n) is 3.23. The minimum absolute atomic E-state index is 0.607. The van der Waals surface area contributed by atoms with Crippen LogP contribution in [0.1, 0.15) is 32.6 Å². The van der Waals surface area contributed by atoms with Crippen molar-refractivity contribution in [2.24, 2.45) is 11.8 Å². The lowest BCUT2D eigenvalue weighted by molar-refractivity contribution is 0.249. The van der Waals surface area contributed by atoms with Crippen molar-refractivity contribution in [3.63, 3.8) is 0 Å². The van der Waals surface area contributed by atoms with Crippen LogP contribution in [-0.2, 0) is 6.54 Å². The van der Waals surface area contributed by atoms with E-state index in [1.54, 1.807) is 6.07 Å². The molecule has 0 amide bonds. The molecule has 3 rings (SSSR count). The Kier molecular flexibility index (Phi) is 4.10. The number of aromatic nitrogens is 4. The molecule has 2 unspecified atom stereocenters.